The third-order valence-electron chi connectivity index (χ3n) is 3.27. The lowest BCUT2D eigenvalue weighted by Crippen LogP contribution is -1.98. The van der Waals surface area contributed by atoms with E-state index in [0.29, 0.717) is 5.52 Å². The first-order valence-corrected chi connectivity index (χ1v) is 7.00. The number of aromatic nitrogens is 2. The minimum atomic E-state index is -0.294. The fourth-order valence-corrected chi connectivity index (χ4v) is 3.20. The number of benzene rings is 1. The van der Waals surface area contributed by atoms with Crippen molar-refractivity contribution in [2.75, 3.05) is 5.73 Å². The molecular weight excluding hydrogens is 261 g/mol. The van der Waals surface area contributed by atoms with Crippen molar-refractivity contribution in [3.05, 3.63) is 35.0 Å². The van der Waals surface area contributed by atoms with Gasteiger partial charge in [-0.25, -0.2) is 9.37 Å². The lowest BCUT2D eigenvalue weighted by atomic mass is 10.3. The number of fused-ring (bicyclic) bond motifs is 1. The van der Waals surface area contributed by atoms with Crippen LogP contribution in [-0.4, -0.2) is 9.55 Å². The van der Waals surface area contributed by atoms with Crippen molar-refractivity contribution in [2.24, 2.45) is 0 Å². The highest BCUT2D eigenvalue weighted by Gasteiger charge is 2.18. The molecule has 0 aliphatic carbocycles. The topological polar surface area (TPSA) is 43.8 Å². The van der Waals surface area contributed by atoms with Gasteiger partial charge in [0.1, 0.15) is 5.52 Å². The molecule has 3 aromatic rings. The number of anilines is 1. The minimum Gasteiger partial charge on any atom is -0.397 e. The van der Waals surface area contributed by atoms with Crippen molar-refractivity contribution < 1.29 is 4.39 Å². The van der Waals surface area contributed by atoms with Gasteiger partial charge >= 0.3 is 0 Å². The van der Waals surface area contributed by atoms with Crippen molar-refractivity contribution in [1.29, 1.82) is 0 Å². The Morgan fingerprint density at radius 1 is 1.42 bits per heavy atom. The van der Waals surface area contributed by atoms with Crippen LogP contribution in [0.15, 0.2) is 23.6 Å². The van der Waals surface area contributed by atoms with Gasteiger partial charge in [-0.2, -0.15) is 0 Å². The summed E-state index contributed by atoms with van der Waals surface area (Å²) < 4.78 is 15.8. The maximum atomic E-state index is 13.8. The van der Waals surface area contributed by atoms with Gasteiger partial charge in [-0.05, 0) is 36.9 Å². The molecule has 5 heteroatoms. The zero-order valence-electron chi connectivity index (χ0n) is 10.8. The van der Waals surface area contributed by atoms with Crippen LogP contribution in [0.3, 0.4) is 0 Å². The van der Waals surface area contributed by atoms with Crippen LogP contribution in [0.25, 0.3) is 21.7 Å². The van der Waals surface area contributed by atoms with Crippen LogP contribution in [-0.2, 0) is 6.54 Å². The van der Waals surface area contributed by atoms with Gasteiger partial charge in [-0.15, -0.1) is 11.3 Å². The maximum Gasteiger partial charge on any atom is 0.153 e. The number of thiophene rings is 1. The predicted molar refractivity (Wildman–Crippen MR) is 77.8 cm³/mol. The van der Waals surface area contributed by atoms with E-state index >= 15 is 0 Å². The molecule has 0 atom stereocenters. The molecular formula is C14H14FN3S. The third-order valence-corrected chi connectivity index (χ3v) is 4.38. The molecule has 0 bridgehead atoms. The number of para-hydroxylation sites is 1. The largest absolute Gasteiger partial charge is 0.397 e. The van der Waals surface area contributed by atoms with E-state index < -0.39 is 0 Å². The van der Waals surface area contributed by atoms with E-state index in [1.165, 1.54) is 6.07 Å². The summed E-state index contributed by atoms with van der Waals surface area (Å²) >= 11 is 1.55. The maximum absolute atomic E-state index is 13.8. The number of hydrogen-bond donors (Lipinski definition) is 1. The summed E-state index contributed by atoms with van der Waals surface area (Å²) in [7, 11) is 0. The third kappa shape index (κ3) is 1.73. The van der Waals surface area contributed by atoms with Gasteiger partial charge in [0, 0.05) is 6.54 Å². The molecule has 2 aromatic heterocycles. The zero-order chi connectivity index (χ0) is 13.6. The van der Waals surface area contributed by atoms with E-state index in [4.69, 9.17) is 5.73 Å². The second-order valence-electron chi connectivity index (χ2n) is 4.45. The smallest absolute Gasteiger partial charge is 0.153 e. The van der Waals surface area contributed by atoms with Crippen LogP contribution >= 0.6 is 11.3 Å². The van der Waals surface area contributed by atoms with Gasteiger partial charge in [0.2, 0.25) is 0 Å². The molecule has 19 heavy (non-hydrogen) atoms. The molecule has 0 fully saturated rings. The molecule has 0 unspecified atom stereocenters. The molecule has 0 saturated carbocycles. The highest BCUT2D eigenvalue weighted by atomic mass is 32.1. The predicted octanol–water partition coefficient (Wildman–Crippen LogP) is 3.81. The minimum absolute atomic E-state index is 0.294. The number of nitrogens with two attached hydrogens (primary N) is 1. The molecule has 0 amide bonds. The molecule has 3 rings (SSSR count). The van der Waals surface area contributed by atoms with Crippen molar-refractivity contribution in [2.45, 2.75) is 20.4 Å². The van der Waals surface area contributed by atoms with Crippen LogP contribution in [0, 0.1) is 12.7 Å². The molecule has 1 aromatic carbocycles. The molecule has 0 saturated heterocycles. The first kappa shape index (κ1) is 12.2. The van der Waals surface area contributed by atoms with Gasteiger partial charge in [0.05, 0.1) is 16.1 Å². The molecule has 3 nitrogen and oxygen atoms in total. The van der Waals surface area contributed by atoms with E-state index in [1.807, 2.05) is 29.9 Å². The number of rotatable bonds is 2. The summed E-state index contributed by atoms with van der Waals surface area (Å²) in [5.74, 6) is 0.455. The van der Waals surface area contributed by atoms with Crippen molar-refractivity contribution in [3.63, 3.8) is 0 Å². The summed E-state index contributed by atoms with van der Waals surface area (Å²) in [6.07, 6.45) is 0. The van der Waals surface area contributed by atoms with Crippen LogP contribution in [0.4, 0.5) is 10.1 Å². The van der Waals surface area contributed by atoms with Crippen LogP contribution in [0.1, 0.15) is 12.5 Å². The van der Waals surface area contributed by atoms with Crippen molar-refractivity contribution in [1.82, 2.24) is 9.55 Å². The average molecular weight is 275 g/mol. The fraction of sp³-hybridized carbons (Fsp3) is 0.214. The molecule has 0 radical (unpaired) electrons. The number of halogens is 1. The quantitative estimate of drug-likeness (QED) is 0.772. The average Bonchev–Trinajstić information content (AvgIpc) is 2.92. The molecule has 2 N–H and O–H groups in total. The Morgan fingerprint density at radius 3 is 2.84 bits per heavy atom. The monoisotopic (exact) mass is 275 g/mol. The summed E-state index contributed by atoms with van der Waals surface area (Å²) in [6, 6.07) is 5.02. The van der Waals surface area contributed by atoms with Gasteiger partial charge in [0.25, 0.3) is 0 Å². The summed E-state index contributed by atoms with van der Waals surface area (Å²) in [6.45, 7) is 4.71. The lowest BCUT2D eigenvalue weighted by Gasteiger charge is -2.05. The van der Waals surface area contributed by atoms with Crippen molar-refractivity contribution in [3.8, 4) is 10.7 Å². The van der Waals surface area contributed by atoms with Crippen LogP contribution < -0.4 is 5.73 Å². The number of imidazole rings is 1. The first-order valence-electron chi connectivity index (χ1n) is 6.12. The zero-order valence-corrected chi connectivity index (χ0v) is 11.6. The van der Waals surface area contributed by atoms with Gasteiger partial charge in [0.15, 0.2) is 11.6 Å². The van der Waals surface area contributed by atoms with Crippen LogP contribution in [0.2, 0.25) is 0 Å². The fourth-order valence-electron chi connectivity index (χ4n) is 2.23. The van der Waals surface area contributed by atoms with E-state index in [-0.39, 0.29) is 5.82 Å². The number of hydrogen-bond acceptors (Lipinski definition) is 3. The molecule has 2 heterocycles. The molecule has 0 aliphatic heterocycles. The number of nitrogen functional groups attached to an aromatic ring is 1. The second-order valence-corrected chi connectivity index (χ2v) is 5.33. The van der Waals surface area contributed by atoms with Gasteiger partial charge in [-0.1, -0.05) is 6.07 Å². The Morgan fingerprint density at radius 2 is 2.21 bits per heavy atom. The standard InChI is InChI=1S/C14H14FN3S/c1-3-18-10-6-4-5-9(15)12(10)17-14(18)13-11(16)8(2)7-19-13/h4-7H,3,16H2,1-2H3. The van der Waals surface area contributed by atoms with E-state index in [1.54, 1.807) is 17.4 Å². The number of nitrogens with zero attached hydrogens (tertiary/aromatic N) is 2. The summed E-state index contributed by atoms with van der Waals surface area (Å²) in [4.78, 5) is 5.36. The Kier molecular flexibility index (Phi) is 2.78. The van der Waals surface area contributed by atoms with Gasteiger partial charge in [-0.3, -0.25) is 0 Å². The summed E-state index contributed by atoms with van der Waals surface area (Å²) in [5, 5.41) is 2.00. The highest BCUT2D eigenvalue weighted by Crippen LogP contribution is 2.36. The SMILES string of the molecule is CCn1c(-c2scc(C)c2N)nc2c(F)cccc21. The molecule has 0 spiro atoms. The van der Waals surface area contributed by atoms with Gasteiger partial charge < -0.3 is 10.3 Å². The van der Waals surface area contributed by atoms with Crippen LogP contribution in [0.5, 0.6) is 0 Å². The first-order chi connectivity index (χ1) is 9.13. The number of aryl methyl sites for hydroxylation is 2. The van der Waals surface area contributed by atoms with E-state index in [0.717, 1.165) is 34.0 Å². The molecule has 0 aliphatic rings. The molecule has 98 valence electrons. The lowest BCUT2D eigenvalue weighted by molar-refractivity contribution is 0.637. The Hall–Kier alpha value is -1.88. The second kappa shape index (κ2) is 4.35. The normalized spacial score (nSPS) is 11.3. The summed E-state index contributed by atoms with van der Waals surface area (Å²) in [5.41, 5.74) is 9.07. The Bertz CT molecular complexity index is 757. The van der Waals surface area contributed by atoms with Crippen molar-refractivity contribution >= 4 is 28.1 Å². The Labute approximate surface area is 114 Å². The van der Waals surface area contributed by atoms with E-state index in [9.17, 15) is 4.39 Å². The Balaban J connectivity index is 2.35. The highest BCUT2D eigenvalue weighted by molar-refractivity contribution is 7.14. The van der Waals surface area contributed by atoms with E-state index in [2.05, 4.69) is 4.98 Å².